The van der Waals surface area contributed by atoms with Crippen molar-refractivity contribution in [2.24, 2.45) is 0 Å². The molecule has 0 heterocycles. The minimum absolute atomic E-state index is 0.0456. The molecular formula is C28H38N2O4. The van der Waals surface area contributed by atoms with E-state index in [1.54, 1.807) is 18.9 Å². The first kappa shape index (κ1) is 25.6. The van der Waals surface area contributed by atoms with E-state index < -0.39 is 6.04 Å². The minimum atomic E-state index is -0.619. The molecule has 1 fully saturated rings. The van der Waals surface area contributed by atoms with E-state index in [0.29, 0.717) is 18.0 Å². The third-order valence-corrected chi connectivity index (χ3v) is 6.44. The van der Waals surface area contributed by atoms with Gasteiger partial charge in [0.1, 0.15) is 17.5 Å². The van der Waals surface area contributed by atoms with Crippen molar-refractivity contribution in [3.8, 4) is 11.5 Å². The zero-order valence-corrected chi connectivity index (χ0v) is 21.1. The van der Waals surface area contributed by atoms with Crippen LogP contribution in [0.3, 0.4) is 0 Å². The number of rotatable bonds is 9. The largest absolute Gasteiger partial charge is 0.497 e. The number of amides is 2. The first-order chi connectivity index (χ1) is 16.2. The lowest BCUT2D eigenvalue weighted by atomic mass is 9.87. The van der Waals surface area contributed by atoms with Crippen LogP contribution in [-0.4, -0.2) is 42.5 Å². The fourth-order valence-corrected chi connectivity index (χ4v) is 4.22. The number of carbonyl (C=O) groups is 2. The quantitative estimate of drug-likeness (QED) is 0.574. The van der Waals surface area contributed by atoms with Gasteiger partial charge in [-0.3, -0.25) is 9.59 Å². The highest BCUT2D eigenvalue weighted by molar-refractivity contribution is 5.88. The number of benzene rings is 2. The second-order valence-corrected chi connectivity index (χ2v) is 10.1. The molecule has 34 heavy (non-hydrogen) atoms. The topological polar surface area (TPSA) is 67.9 Å². The Bertz CT molecular complexity index is 959. The Labute approximate surface area is 203 Å². The predicted octanol–water partition coefficient (Wildman–Crippen LogP) is 4.85. The summed E-state index contributed by atoms with van der Waals surface area (Å²) in [4.78, 5) is 27.9. The summed E-state index contributed by atoms with van der Waals surface area (Å²) in [6.07, 6.45) is 4.26. The van der Waals surface area contributed by atoms with Crippen molar-refractivity contribution >= 4 is 11.8 Å². The van der Waals surface area contributed by atoms with Crippen LogP contribution in [0.4, 0.5) is 0 Å². The summed E-state index contributed by atoms with van der Waals surface area (Å²) in [5.74, 6) is 0.975. The molecule has 3 rings (SSSR count). The SMILES string of the molecule is COc1cccc(CN(C(=O)COc2ccc(C(C)(C)C)cc2)[C@@H](C)C(=O)NC2CCCC2)c1. The van der Waals surface area contributed by atoms with E-state index in [9.17, 15) is 9.59 Å². The molecule has 0 aliphatic heterocycles. The zero-order chi connectivity index (χ0) is 24.7. The number of hydrogen-bond donors (Lipinski definition) is 1. The maximum Gasteiger partial charge on any atom is 0.261 e. The molecule has 1 atom stereocenters. The summed E-state index contributed by atoms with van der Waals surface area (Å²) in [5, 5.41) is 3.12. The molecule has 0 spiro atoms. The van der Waals surface area contributed by atoms with Gasteiger partial charge >= 0.3 is 0 Å². The van der Waals surface area contributed by atoms with Crippen LogP contribution in [0.1, 0.15) is 64.5 Å². The average molecular weight is 467 g/mol. The van der Waals surface area contributed by atoms with E-state index in [0.717, 1.165) is 31.2 Å². The summed E-state index contributed by atoms with van der Waals surface area (Å²) < 4.78 is 11.1. The molecule has 184 valence electrons. The number of methoxy groups -OCH3 is 1. The van der Waals surface area contributed by atoms with Gasteiger partial charge in [0.2, 0.25) is 5.91 Å². The van der Waals surface area contributed by atoms with Gasteiger partial charge in [-0.25, -0.2) is 0 Å². The van der Waals surface area contributed by atoms with Crippen molar-refractivity contribution in [1.82, 2.24) is 10.2 Å². The van der Waals surface area contributed by atoms with Crippen LogP contribution < -0.4 is 14.8 Å². The lowest BCUT2D eigenvalue weighted by molar-refractivity contribution is -0.142. The number of hydrogen-bond acceptors (Lipinski definition) is 4. The zero-order valence-electron chi connectivity index (χ0n) is 21.1. The van der Waals surface area contributed by atoms with Gasteiger partial charge in [0.25, 0.3) is 5.91 Å². The Hall–Kier alpha value is -3.02. The van der Waals surface area contributed by atoms with E-state index in [2.05, 4.69) is 26.1 Å². The van der Waals surface area contributed by atoms with Gasteiger partial charge in [0, 0.05) is 12.6 Å². The van der Waals surface area contributed by atoms with E-state index in [1.807, 2.05) is 48.5 Å². The second-order valence-electron chi connectivity index (χ2n) is 10.1. The smallest absolute Gasteiger partial charge is 0.261 e. The first-order valence-corrected chi connectivity index (χ1v) is 12.1. The highest BCUT2D eigenvalue weighted by Crippen LogP contribution is 2.24. The number of nitrogens with one attached hydrogen (secondary N) is 1. The first-order valence-electron chi connectivity index (χ1n) is 12.1. The maximum atomic E-state index is 13.3. The Morgan fingerprint density at radius 2 is 1.74 bits per heavy atom. The summed E-state index contributed by atoms with van der Waals surface area (Å²) >= 11 is 0. The third kappa shape index (κ3) is 6.99. The highest BCUT2D eigenvalue weighted by atomic mass is 16.5. The standard InChI is InChI=1S/C28H38N2O4/c1-20(27(32)29-23-10-6-7-11-23)30(18-21-9-8-12-25(17-21)33-5)26(31)19-34-24-15-13-22(14-16-24)28(2,3)4/h8-9,12-17,20,23H,6-7,10-11,18-19H2,1-5H3,(H,29,32)/t20-/m0/s1. The molecule has 6 nitrogen and oxygen atoms in total. The van der Waals surface area contributed by atoms with Crippen LogP contribution in [0, 0.1) is 0 Å². The molecule has 0 unspecified atom stereocenters. The van der Waals surface area contributed by atoms with Gasteiger partial charge < -0.3 is 19.7 Å². The van der Waals surface area contributed by atoms with Crippen molar-refractivity contribution in [2.45, 2.75) is 77.4 Å². The molecule has 2 amide bonds. The minimum Gasteiger partial charge on any atom is -0.497 e. The van der Waals surface area contributed by atoms with Crippen LogP contribution in [0.15, 0.2) is 48.5 Å². The van der Waals surface area contributed by atoms with Crippen LogP contribution in [0.25, 0.3) is 0 Å². The van der Waals surface area contributed by atoms with Gasteiger partial charge in [-0.1, -0.05) is 57.9 Å². The van der Waals surface area contributed by atoms with E-state index in [4.69, 9.17) is 9.47 Å². The number of carbonyl (C=O) groups excluding carboxylic acids is 2. The van der Waals surface area contributed by atoms with E-state index in [1.165, 1.54) is 5.56 Å². The van der Waals surface area contributed by atoms with E-state index >= 15 is 0 Å². The van der Waals surface area contributed by atoms with Gasteiger partial charge in [-0.05, 0) is 60.6 Å². The fourth-order valence-electron chi connectivity index (χ4n) is 4.22. The van der Waals surface area contributed by atoms with Gasteiger partial charge in [-0.2, -0.15) is 0 Å². The van der Waals surface area contributed by atoms with Crippen molar-refractivity contribution in [2.75, 3.05) is 13.7 Å². The molecule has 1 N–H and O–H groups in total. The normalized spacial score (nSPS) is 15.0. The Morgan fingerprint density at radius 1 is 1.06 bits per heavy atom. The lowest BCUT2D eigenvalue weighted by Gasteiger charge is -2.29. The number of nitrogens with zero attached hydrogens (tertiary/aromatic N) is 1. The van der Waals surface area contributed by atoms with Crippen molar-refractivity contribution in [3.05, 3.63) is 59.7 Å². The van der Waals surface area contributed by atoms with Gasteiger partial charge in [-0.15, -0.1) is 0 Å². The maximum absolute atomic E-state index is 13.3. The monoisotopic (exact) mass is 466 g/mol. The molecule has 1 aliphatic rings. The molecule has 6 heteroatoms. The average Bonchev–Trinajstić information content (AvgIpc) is 3.33. The van der Waals surface area contributed by atoms with Crippen LogP contribution in [0.2, 0.25) is 0 Å². The lowest BCUT2D eigenvalue weighted by Crippen LogP contribution is -2.50. The molecular weight excluding hydrogens is 428 g/mol. The summed E-state index contributed by atoms with van der Waals surface area (Å²) in [5.41, 5.74) is 2.13. The summed E-state index contributed by atoms with van der Waals surface area (Å²) in [7, 11) is 1.61. The van der Waals surface area contributed by atoms with Crippen LogP contribution in [-0.2, 0) is 21.5 Å². The van der Waals surface area contributed by atoms with Crippen LogP contribution in [0.5, 0.6) is 11.5 Å². The molecule has 1 aliphatic carbocycles. The van der Waals surface area contributed by atoms with Crippen LogP contribution >= 0.6 is 0 Å². The molecule has 1 saturated carbocycles. The van der Waals surface area contributed by atoms with Gasteiger partial charge in [0.05, 0.1) is 7.11 Å². The highest BCUT2D eigenvalue weighted by Gasteiger charge is 2.29. The third-order valence-electron chi connectivity index (χ3n) is 6.44. The summed E-state index contributed by atoms with van der Waals surface area (Å²) in [6.45, 7) is 8.39. The van der Waals surface area contributed by atoms with Gasteiger partial charge in [0.15, 0.2) is 6.61 Å². The second kappa shape index (κ2) is 11.4. The Morgan fingerprint density at radius 3 is 2.35 bits per heavy atom. The molecule has 0 aromatic heterocycles. The molecule has 0 saturated heterocycles. The fraction of sp³-hybridized carbons (Fsp3) is 0.500. The van der Waals surface area contributed by atoms with Crippen molar-refractivity contribution < 1.29 is 19.1 Å². The predicted molar refractivity (Wildman–Crippen MR) is 134 cm³/mol. The summed E-state index contributed by atoms with van der Waals surface area (Å²) in [6, 6.07) is 14.9. The molecule has 2 aromatic carbocycles. The molecule has 0 bridgehead atoms. The molecule has 2 aromatic rings. The number of ether oxygens (including phenoxy) is 2. The van der Waals surface area contributed by atoms with E-state index in [-0.39, 0.29) is 29.9 Å². The van der Waals surface area contributed by atoms with Crippen molar-refractivity contribution in [1.29, 1.82) is 0 Å². The van der Waals surface area contributed by atoms with Crippen molar-refractivity contribution in [3.63, 3.8) is 0 Å². The Kier molecular flexibility index (Phi) is 8.59. The Balaban J connectivity index is 1.71. The molecule has 0 radical (unpaired) electrons.